The molecule has 0 amide bonds. The second-order valence-electron chi connectivity index (χ2n) is 10.5. The molecule has 0 saturated heterocycles. The van der Waals surface area contributed by atoms with E-state index in [0.717, 1.165) is 38.9 Å². The topological polar surface area (TPSA) is 93.1 Å². The molecule has 7 nitrogen and oxygen atoms in total. The number of halogens is 1. The van der Waals surface area contributed by atoms with Crippen LogP contribution in [0.1, 0.15) is 74.5 Å². The summed E-state index contributed by atoms with van der Waals surface area (Å²) in [4.78, 5) is 40.5. The summed E-state index contributed by atoms with van der Waals surface area (Å²) in [6.07, 6.45) is 3.61. The molecule has 1 aliphatic heterocycles. The molecule has 2 aliphatic carbocycles. The minimum absolute atomic E-state index is 0.0316. The number of benzene rings is 2. The first-order valence-electron chi connectivity index (χ1n) is 13.9. The molecular formula is C32H34INO6. The van der Waals surface area contributed by atoms with Gasteiger partial charge in [0.25, 0.3) is 0 Å². The molecule has 0 fully saturated rings. The Kier molecular flexibility index (Phi) is 8.63. The summed E-state index contributed by atoms with van der Waals surface area (Å²) in [5, 5.41) is 9.42. The van der Waals surface area contributed by atoms with E-state index in [9.17, 15) is 19.5 Å². The molecule has 3 aliphatic rings. The van der Waals surface area contributed by atoms with Gasteiger partial charge < -0.3 is 19.5 Å². The Morgan fingerprint density at radius 1 is 0.975 bits per heavy atom. The van der Waals surface area contributed by atoms with Crippen molar-refractivity contribution in [3.8, 4) is 11.5 Å². The number of aliphatic carboxylic acids is 1. The molecule has 210 valence electrons. The standard InChI is InChI=1S/C32H34INO6/c1-3-39-27-17-21(16-22(33)32(27)40-18-20-12-10-19(2)11-13-20)29-30-23(6-4-8-25(30)35)34(15-14-28(37)38)24-7-5-9-26(36)31(24)29/h10-13,16-17,29H,3-9,14-15,18H2,1-2H3,(H,37,38). The molecule has 1 N–H and O–H groups in total. The number of rotatable bonds is 9. The lowest BCUT2D eigenvalue weighted by molar-refractivity contribution is -0.137. The van der Waals surface area contributed by atoms with Crippen LogP contribution in [0.25, 0.3) is 0 Å². The monoisotopic (exact) mass is 655 g/mol. The minimum Gasteiger partial charge on any atom is -0.490 e. The quantitative estimate of drug-likeness (QED) is 0.310. The van der Waals surface area contributed by atoms with Crippen LogP contribution in [0, 0.1) is 10.5 Å². The Balaban J connectivity index is 1.60. The zero-order valence-corrected chi connectivity index (χ0v) is 25.1. The molecule has 1 heterocycles. The third-order valence-corrected chi connectivity index (χ3v) is 8.61. The van der Waals surface area contributed by atoms with Crippen molar-refractivity contribution in [2.45, 2.75) is 71.3 Å². The van der Waals surface area contributed by atoms with Gasteiger partial charge in [-0.2, -0.15) is 0 Å². The molecule has 40 heavy (non-hydrogen) atoms. The van der Waals surface area contributed by atoms with Gasteiger partial charge in [0, 0.05) is 47.8 Å². The number of ketones is 2. The van der Waals surface area contributed by atoms with Crippen LogP contribution in [0.3, 0.4) is 0 Å². The van der Waals surface area contributed by atoms with E-state index in [4.69, 9.17) is 9.47 Å². The molecule has 0 unspecified atom stereocenters. The van der Waals surface area contributed by atoms with Crippen LogP contribution < -0.4 is 9.47 Å². The fourth-order valence-corrected chi connectivity index (χ4v) is 6.81. The van der Waals surface area contributed by atoms with Crippen molar-refractivity contribution in [2.24, 2.45) is 0 Å². The molecule has 0 spiro atoms. The lowest BCUT2D eigenvalue weighted by Crippen LogP contribution is -2.40. The molecule has 0 radical (unpaired) electrons. The Hall–Kier alpha value is -3.14. The second-order valence-corrected chi connectivity index (χ2v) is 11.7. The van der Waals surface area contributed by atoms with Crippen molar-refractivity contribution in [3.63, 3.8) is 0 Å². The number of carbonyl (C=O) groups is 3. The lowest BCUT2D eigenvalue weighted by atomic mass is 9.71. The number of hydrogen-bond donors (Lipinski definition) is 1. The minimum atomic E-state index is -0.896. The Morgan fingerprint density at radius 2 is 1.60 bits per heavy atom. The number of allylic oxidation sites excluding steroid dienone is 4. The number of carboxylic acids is 1. The number of ether oxygens (including phenoxy) is 2. The highest BCUT2D eigenvalue weighted by molar-refractivity contribution is 14.1. The average Bonchev–Trinajstić information content (AvgIpc) is 2.92. The number of carboxylic acid groups (broad SMARTS) is 1. The molecule has 8 heteroatoms. The smallest absolute Gasteiger partial charge is 0.305 e. The molecular weight excluding hydrogens is 621 g/mol. The number of Topliss-reactive ketones (excluding diaryl/α,β-unsaturated/α-hetero) is 2. The van der Waals surface area contributed by atoms with Crippen LogP contribution in [0.2, 0.25) is 0 Å². The maximum atomic E-state index is 13.5. The summed E-state index contributed by atoms with van der Waals surface area (Å²) >= 11 is 2.24. The first kappa shape index (κ1) is 28.4. The first-order chi connectivity index (χ1) is 19.3. The Bertz CT molecular complexity index is 1360. The summed E-state index contributed by atoms with van der Waals surface area (Å²) in [5.41, 5.74) is 6.09. The summed E-state index contributed by atoms with van der Waals surface area (Å²) in [5.74, 6) is -0.105. The van der Waals surface area contributed by atoms with Gasteiger partial charge in [0.2, 0.25) is 0 Å². The molecule has 2 aromatic rings. The van der Waals surface area contributed by atoms with E-state index in [1.165, 1.54) is 5.56 Å². The van der Waals surface area contributed by atoms with Crippen molar-refractivity contribution in [2.75, 3.05) is 13.2 Å². The van der Waals surface area contributed by atoms with Crippen molar-refractivity contribution in [1.29, 1.82) is 0 Å². The van der Waals surface area contributed by atoms with Gasteiger partial charge in [0.15, 0.2) is 23.1 Å². The van der Waals surface area contributed by atoms with Gasteiger partial charge in [-0.3, -0.25) is 14.4 Å². The van der Waals surface area contributed by atoms with Crippen molar-refractivity contribution in [3.05, 3.63) is 79.2 Å². The highest BCUT2D eigenvalue weighted by Gasteiger charge is 2.43. The highest BCUT2D eigenvalue weighted by Crippen LogP contribution is 2.50. The van der Waals surface area contributed by atoms with Gasteiger partial charge in [-0.1, -0.05) is 29.8 Å². The first-order valence-corrected chi connectivity index (χ1v) is 15.0. The fourth-order valence-electron chi connectivity index (χ4n) is 6.02. The SMILES string of the molecule is CCOc1cc(C2C3=C(CCCC3=O)N(CCC(=O)O)C3=C2C(=O)CCC3)cc(I)c1OCc1ccc(C)cc1. The third-order valence-electron chi connectivity index (χ3n) is 7.80. The maximum Gasteiger partial charge on any atom is 0.305 e. The fraction of sp³-hybridized carbons (Fsp3) is 0.406. The molecule has 0 atom stereocenters. The Labute approximate surface area is 248 Å². The normalized spacial score (nSPS) is 17.6. The largest absolute Gasteiger partial charge is 0.490 e. The zero-order valence-electron chi connectivity index (χ0n) is 22.9. The zero-order chi connectivity index (χ0) is 28.4. The van der Waals surface area contributed by atoms with Crippen molar-refractivity contribution in [1.82, 2.24) is 4.90 Å². The van der Waals surface area contributed by atoms with Gasteiger partial charge in [-0.15, -0.1) is 0 Å². The third kappa shape index (κ3) is 5.68. The van der Waals surface area contributed by atoms with E-state index < -0.39 is 11.9 Å². The van der Waals surface area contributed by atoms with Gasteiger partial charge in [-0.25, -0.2) is 0 Å². The van der Waals surface area contributed by atoms with E-state index >= 15 is 0 Å². The van der Waals surface area contributed by atoms with Crippen LogP contribution in [0.15, 0.2) is 58.9 Å². The van der Waals surface area contributed by atoms with E-state index in [1.807, 2.05) is 43.0 Å². The maximum absolute atomic E-state index is 13.5. The van der Waals surface area contributed by atoms with Gasteiger partial charge in [0.1, 0.15) is 6.61 Å². The van der Waals surface area contributed by atoms with Crippen LogP contribution in [0.5, 0.6) is 11.5 Å². The van der Waals surface area contributed by atoms with Crippen molar-refractivity contribution < 1.29 is 29.0 Å². The highest BCUT2D eigenvalue weighted by atomic mass is 127. The summed E-state index contributed by atoms with van der Waals surface area (Å²) in [6.45, 7) is 5.05. The molecule has 0 saturated carbocycles. The van der Waals surface area contributed by atoms with Gasteiger partial charge in [0.05, 0.1) is 16.6 Å². The molecule has 2 aromatic carbocycles. The second kappa shape index (κ2) is 12.2. The molecule has 0 bridgehead atoms. The average molecular weight is 656 g/mol. The van der Waals surface area contributed by atoms with E-state index in [0.29, 0.717) is 61.5 Å². The number of nitrogens with zero attached hydrogens (tertiary/aromatic N) is 1. The van der Waals surface area contributed by atoms with Gasteiger partial charge in [-0.05, 0) is 85.4 Å². The Morgan fingerprint density at radius 3 is 2.17 bits per heavy atom. The summed E-state index contributed by atoms with van der Waals surface area (Å²) in [6, 6.07) is 12.1. The predicted molar refractivity (Wildman–Crippen MR) is 159 cm³/mol. The molecule has 0 aromatic heterocycles. The number of aryl methyl sites for hydroxylation is 1. The summed E-state index contributed by atoms with van der Waals surface area (Å²) < 4.78 is 13.2. The van der Waals surface area contributed by atoms with E-state index in [-0.39, 0.29) is 24.5 Å². The van der Waals surface area contributed by atoms with E-state index in [2.05, 4.69) is 34.7 Å². The van der Waals surface area contributed by atoms with E-state index in [1.54, 1.807) is 0 Å². The van der Waals surface area contributed by atoms with Gasteiger partial charge >= 0.3 is 5.97 Å². The predicted octanol–water partition coefficient (Wildman–Crippen LogP) is 6.47. The number of hydrogen-bond acceptors (Lipinski definition) is 6. The number of carbonyl (C=O) groups excluding carboxylic acids is 2. The molecule has 5 rings (SSSR count). The summed E-state index contributed by atoms with van der Waals surface area (Å²) in [7, 11) is 0. The van der Waals surface area contributed by atoms with Crippen molar-refractivity contribution >= 4 is 40.1 Å². The van der Waals surface area contributed by atoms with Crippen LogP contribution >= 0.6 is 22.6 Å². The lowest BCUT2D eigenvalue weighted by Gasteiger charge is -2.44. The van der Waals surface area contributed by atoms with Crippen LogP contribution in [0.4, 0.5) is 0 Å². The van der Waals surface area contributed by atoms with Crippen LogP contribution in [-0.2, 0) is 21.0 Å². The van der Waals surface area contributed by atoms with Crippen LogP contribution in [-0.4, -0.2) is 40.7 Å².